The average Bonchev–Trinajstić information content (AvgIpc) is 3.20. The van der Waals surface area contributed by atoms with Crippen molar-refractivity contribution in [2.24, 2.45) is 7.05 Å². The van der Waals surface area contributed by atoms with Crippen LogP contribution in [0.3, 0.4) is 0 Å². The summed E-state index contributed by atoms with van der Waals surface area (Å²) in [5.74, 6) is 1.34. The number of nitrogens with zero attached hydrogens (tertiary/aromatic N) is 5. The lowest BCUT2D eigenvalue weighted by Gasteiger charge is -2.05. The van der Waals surface area contributed by atoms with Gasteiger partial charge in [-0.2, -0.15) is 5.10 Å². The molecule has 0 saturated heterocycles. The van der Waals surface area contributed by atoms with E-state index in [1.54, 1.807) is 10.9 Å². The lowest BCUT2D eigenvalue weighted by atomic mass is 10.1. The largest absolute Gasteiger partial charge is 0.318 e. The second kappa shape index (κ2) is 6.59. The molecule has 1 N–H and O–H groups in total. The maximum Gasteiger partial charge on any atom is 0.277 e. The first-order valence-electron chi connectivity index (χ1n) is 8.68. The van der Waals surface area contributed by atoms with Crippen molar-refractivity contribution in [3.8, 4) is 11.4 Å². The molecule has 3 heterocycles. The van der Waals surface area contributed by atoms with Crippen molar-refractivity contribution in [1.82, 2.24) is 29.3 Å². The van der Waals surface area contributed by atoms with Gasteiger partial charge in [-0.3, -0.25) is 9.48 Å². The molecule has 0 amide bonds. The molecule has 7 nitrogen and oxygen atoms in total. The molecule has 7 heteroatoms. The minimum atomic E-state index is -0.156. The zero-order chi connectivity index (χ0) is 18.1. The van der Waals surface area contributed by atoms with Crippen LogP contribution >= 0.6 is 0 Å². The highest BCUT2D eigenvalue weighted by Crippen LogP contribution is 2.22. The Morgan fingerprint density at radius 1 is 1.15 bits per heavy atom. The van der Waals surface area contributed by atoms with E-state index in [0.717, 1.165) is 23.4 Å². The molecular formula is C19H20N6O. The summed E-state index contributed by atoms with van der Waals surface area (Å²) in [5.41, 5.74) is 2.81. The number of hydrogen-bond donors (Lipinski definition) is 1. The van der Waals surface area contributed by atoms with E-state index in [1.807, 2.05) is 48.1 Å². The molecule has 0 aliphatic carbocycles. The lowest BCUT2D eigenvalue weighted by molar-refractivity contribution is 0.701. The van der Waals surface area contributed by atoms with Crippen LogP contribution in [0.5, 0.6) is 0 Å². The first-order chi connectivity index (χ1) is 12.7. The predicted octanol–water partition coefficient (Wildman–Crippen LogP) is 2.52. The SMILES string of the molecule is CCCn1c(-c2cnn(C)c2)nc2nc(Cc3ccccc3)[nH]c(=O)c21. The molecule has 0 bridgehead atoms. The fraction of sp³-hybridized carbons (Fsp3) is 0.263. The molecule has 0 atom stereocenters. The third-order valence-electron chi connectivity index (χ3n) is 4.29. The number of hydrogen-bond acceptors (Lipinski definition) is 4. The van der Waals surface area contributed by atoms with Crippen LogP contribution in [-0.2, 0) is 20.0 Å². The number of aromatic amines is 1. The minimum absolute atomic E-state index is 0.156. The van der Waals surface area contributed by atoms with Gasteiger partial charge in [0.2, 0.25) is 0 Å². The number of H-pyrrole nitrogens is 1. The van der Waals surface area contributed by atoms with Gasteiger partial charge in [-0.15, -0.1) is 0 Å². The Hall–Kier alpha value is -3.22. The van der Waals surface area contributed by atoms with Crippen molar-refractivity contribution in [2.45, 2.75) is 26.3 Å². The smallest absolute Gasteiger partial charge is 0.277 e. The molecule has 0 saturated carbocycles. The zero-order valence-electron chi connectivity index (χ0n) is 14.8. The van der Waals surface area contributed by atoms with Gasteiger partial charge in [0.05, 0.1) is 11.8 Å². The second-order valence-electron chi connectivity index (χ2n) is 6.34. The van der Waals surface area contributed by atoms with Crippen molar-refractivity contribution >= 4 is 11.2 Å². The molecule has 1 aromatic carbocycles. The number of aryl methyl sites for hydroxylation is 2. The summed E-state index contributed by atoms with van der Waals surface area (Å²) >= 11 is 0. The Balaban J connectivity index is 1.85. The van der Waals surface area contributed by atoms with E-state index < -0.39 is 0 Å². The Morgan fingerprint density at radius 3 is 2.65 bits per heavy atom. The van der Waals surface area contributed by atoms with Gasteiger partial charge in [-0.1, -0.05) is 37.3 Å². The first kappa shape index (κ1) is 16.3. The Labute approximate surface area is 150 Å². The van der Waals surface area contributed by atoms with Crippen LogP contribution in [-0.4, -0.2) is 29.3 Å². The van der Waals surface area contributed by atoms with E-state index in [2.05, 4.69) is 27.0 Å². The van der Waals surface area contributed by atoms with Gasteiger partial charge in [0, 0.05) is 26.2 Å². The number of imidazole rings is 1. The zero-order valence-corrected chi connectivity index (χ0v) is 14.8. The molecule has 0 aliphatic heterocycles. The quantitative estimate of drug-likeness (QED) is 0.601. The summed E-state index contributed by atoms with van der Waals surface area (Å²) < 4.78 is 3.66. The normalized spacial score (nSPS) is 11.3. The molecule has 4 rings (SSSR count). The fourth-order valence-electron chi connectivity index (χ4n) is 3.16. The summed E-state index contributed by atoms with van der Waals surface area (Å²) in [7, 11) is 1.86. The highest BCUT2D eigenvalue weighted by atomic mass is 16.1. The molecule has 4 aromatic rings. The summed E-state index contributed by atoms with van der Waals surface area (Å²) in [4.78, 5) is 24.9. The Kier molecular flexibility index (Phi) is 4.12. The monoisotopic (exact) mass is 348 g/mol. The number of fused-ring (bicyclic) bond motifs is 1. The maximum atomic E-state index is 12.8. The molecule has 0 spiro atoms. The summed E-state index contributed by atoms with van der Waals surface area (Å²) in [5, 5.41) is 4.22. The second-order valence-corrected chi connectivity index (χ2v) is 6.34. The van der Waals surface area contributed by atoms with Crippen LogP contribution in [0.15, 0.2) is 47.5 Å². The van der Waals surface area contributed by atoms with Crippen LogP contribution in [0, 0.1) is 0 Å². The van der Waals surface area contributed by atoms with Crippen molar-refractivity contribution < 1.29 is 0 Å². The van der Waals surface area contributed by atoms with Crippen molar-refractivity contribution in [3.05, 3.63) is 64.5 Å². The molecule has 0 aliphatic rings. The van der Waals surface area contributed by atoms with E-state index in [0.29, 0.717) is 30.0 Å². The molecule has 0 unspecified atom stereocenters. The lowest BCUT2D eigenvalue weighted by Crippen LogP contribution is -2.15. The van der Waals surface area contributed by atoms with Gasteiger partial charge in [0.1, 0.15) is 11.6 Å². The van der Waals surface area contributed by atoms with E-state index in [9.17, 15) is 4.79 Å². The number of benzene rings is 1. The Bertz CT molecular complexity index is 1110. The van der Waals surface area contributed by atoms with Crippen LogP contribution < -0.4 is 5.56 Å². The molecule has 26 heavy (non-hydrogen) atoms. The Morgan fingerprint density at radius 2 is 1.96 bits per heavy atom. The minimum Gasteiger partial charge on any atom is -0.318 e. The third kappa shape index (κ3) is 2.92. The standard InChI is InChI=1S/C19H20N6O/c1-3-9-25-16-17(23-18(25)14-11-20-24(2)12-14)21-15(22-19(16)26)10-13-7-5-4-6-8-13/h4-8,11-12H,3,9-10H2,1-2H3,(H,21,22,26). The van der Waals surface area contributed by atoms with Crippen molar-refractivity contribution in [3.63, 3.8) is 0 Å². The fourth-order valence-corrected chi connectivity index (χ4v) is 3.16. The molecule has 132 valence electrons. The third-order valence-corrected chi connectivity index (χ3v) is 4.29. The maximum absolute atomic E-state index is 12.8. The highest BCUT2D eigenvalue weighted by Gasteiger charge is 2.18. The van der Waals surface area contributed by atoms with Gasteiger partial charge >= 0.3 is 0 Å². The van der Waals surface area contributed by atoms with Gasteiger partial charge in [-0.05, 0) is 12.0 Å². The van der Waals surface area contributed by atoms with E-state index in [-0.39, 0.29) is 5.56 Å². The highest BCUT2D eigenvalue weighted by molar-refractivity contribution is 5.76. The molecule has 0 fully saturated rings. The average molecular weight is 348 g/mol. The van der Waals surface area contributed by atoms with Crippen molar-refractivity contribution in [2.75, 3.05) is 0 Å². The van der Waals surface area contributed by atoms with Crippen LogP contribution in [0.4, 0.5) is 0 Å². The van der Waals surface area contributed by atoms with E-state index in [4.69, 9.17) is 0 Å². The number of aromatic nitrogens is 6. The van der Waals surface area contributed by atoms with Gasteiger partial charge in [0.15, 0.2) is 11.2 Å². The predicted molar refractivity (Wildman–Crippen MR) is 99.9 cm³/mol. The van der Waals surface area contributed by atoms with Crippen LogP contribution in [0.2, 0.25) is 0 Å². The summed E-state index contributed by atoms with van der Waals surface area (Å²) in [6, 6.07) is 9.95. The van der Waals surface area contributed by atoms with E-state index >= 15 is 0 Å². The summed E-state index contributed by atoms with van der Waals surface area (Å²) in [6.07, 6.45) is 5.11. The number of nitrogens with one attached hydrogen (secondary N) is 1. The van der Waals surface area contributed by atoms with Crippen LogP contribution in [0.25, 0.3) is 22.6 Å². The molecule has 0 radical (unpaired) electrons. The van der Waals surface area contributed by atoms with Crippen molar-refractivity contribution in [1.29, 1.82) is 0 Å². The topological polar surface area (TPSA) is 81.4 Å². The van der Waals surface area contributed by atoms with E-state index in [1.165, 1.54) is 0 Å². The summed E-state index contributed by atoms with van der Waals surface area (Å²) in [6.45, 7) is 2.77. The molecular weight excluding hydrogens is 328 g/mol. The van der Waals surface area contributed by atoms with Gasteiger partial charge < -0.3 is 9.55 Å². The van der Waals surface area contributed by atoms with Gasteiger partial charge in [0.25, 0.3) is 5.56 Å². The van der Waals surface area contributed by atoms with Crippen LogP contribution in [0.1, 0.15) is 24.7 Å². The number of rotatable bonds is 5. The van der Waals surface area contributed by atoms with Gasteiger partial charge in [-0.25, -0.2) is 9.97 Å². The molecule has 3 aromatic heterocycles. The first-order valence-corrected chi connectivity index (χ1v) is 8.68.